The van der Waals surface area contributed by atoms with Crippen molar-refractivity contribution in [2.24, 2.45) is 0 Å². The Hall–Kier alpha value is -4.32. The number of likely N-dealkylation sites (tertiary alicyclic amines) is 1. The molecule has 0 spiro atoms. The van der Waals surface area contributed by atoms with Crippen molar-refractivity contribution in [2.75, 3.05) is 26.7 Å². The summed E-state index contributed by atoms with van der Waals surface area (Å²) in [7, 11) is 1.58. The molecule has 198 valence electrons. The molecule has 1 aromatic heterocycles. The molecule has 0 aliphatic carbocycles. The molecular formula is C26H29N7O5. The molecule has 2 aromatic carbocycles. The standard InChI is InChI=1S/C26H29N7O5/c1-17-6-7-19-11-23(17)38-20-5-3-4-18(10-20)15-37-22-8-9-32(25(35)14-33-16-27-29-30-33)12-21(22)28-24(34)13-31(2)26(19)36/h3-7,10-11,16,21-22H,8-9,12-15H2,1-2H3,(H,28,34)/t21-,22+/m0/s1. The van der Waals surface area contributed by atoms with Crippen LogP contribution in [0.1, 0.15) is 27.9 Å². The minimum absolute atomic E-state index is 0.00175. The maximum atomic E-state index is 13.1. The molecule has 0 radical (unpaired) electrons. The number of hydrogen-bond donors (Lipinski definition) is 1. The van der Waals surface area contributed by atoms with Gasteiger partial charge in [0.1, 0.15) is 24.4 Å². The zero-order valence-electron chi connectivity index (χ0n) is 21.2. The second-order valence-electron chi connectivity index (χ2n) is 9.55. The predicted molar refractivity (Wildman–Crippen MR) is 134 cm³/mol. The van der Waals surface area contributed by atoms with Crippen LogP contribution in [0.5, 0.6) is 11.5 Å². The molecular weight excluding hydrogens is 490 g/mol. The molecule has 1 saturated heterocycles. The van der Waals surface area contributed by atoms with Crippen molar-refractivity contribution in [3.63, 3.8) is 0 Å². The largest absolute Gasteiger partial charge is 0.457 e. The van der Waals surface area contributed by atoms with Crippen LogP contribution >= 0.6 is 0 Å². The van der Waals surface area contributed by atoms with E-state index in [-0.39, 0.29) is 43.5 Å². The summed E-state index contributed by atoms with van der Waals surface area (Å²) in [6.07, 6.45) is 1.58. The lowest BCUT2D eigenvalue weighted by atomic mass is 10.0. The van der Waals surface area contributed by atoms with E-state index in [0.29, 0.717) is 36.6 Å². The molecule has 12 nitrogen and oxygen atoms in total. The summed E-state index contributed by atoms with van der Waals surface area (Å²) in [5, 5.41) is 13.9. The quantitative estimate of drug-likeness (QED) is 0.534. The number of carbonyl (C=O) groups excluding carboxylic acids is 3. The third-order valence-corrected chi connectivity index (χ3v) is 6.69. The van der Waals surface area contributed by atoms with Gasteiger partial charge in [0.05, 0.1) is 25.3 Å². The van der Waals surface area contributed by atoms with E-state index in [0.717, 1.165) is 11.1 Å². The number of carbonyl (C=O) groups is 3. The molecule has 38 heavy (non-hydrogen) atoms. The van der Waals surface area contributed by atoms with Crippen molar-refractivity contribution < 1.29 is 23.9 Å². The smallest absolute Gasteiger partial charge is 0.254 e. The van der Waals surface area contributed by atoms with Crippen LogP contribution < -0.4 is 10.1 Å². The second-order valence-corrected chi connectivity index (χ2v) is 9.55. The van der Waals surface area contributed by atoms with Gasteiger partial charge in [-0.25, -0.2) is 4.68 Å². The van der Waals surface area contributed by atoms with E-state index in [1.165, 1.54) is 15.9 Å². The Balaban J connectivity index is 1.39. The average Bonchev–Trinajstić information content (AvgIpc) is 3.41. The number of tetrazole rings is 1. The number of ether oxygens (including phenoxy) is 2. The van der Waals surface area contributed by atoms with Crippen LogP contribution in [-0.2, 0) is 27.5 Å². The first-order valence-electron chi connectivity index (χ1n) is 12.4. The topological polar surface area (TPSA) is 132 Å². The molecule has 4 bridgehead atoms. The number of hydrogen-bond acceptors (Lipinski definition) is 8. The number of likely N-dealkylation sites (N-methyl/N-ethyl adjacent to an activating group) is 1. The number of aryl methyl sites for hydroxylation is 1. The lowest BCUT2D eigenvalue weighted by molar-refractivity contribution is -0.138. The number of nitrogens with zero attached hydrogens (tertiary/aromatic N) is 6. The number of benzene rings is 2. The van der Waals surface area contributed by atoms with Gasteiger partial charge >= 0.3 is 0 Å². The van der Waals surface area contributed by atoms with Gasteiger partial charge in [-0.15, -0.1) is 5.10 Å². The molecule has 3 aromatic rings. The van der Waals surface area contributed by atoms with Crippen molar-refractivity contribution in [2.45, 2.75) is 38.6 Å². The number of rotatable bonds is 2. The fourth-order valence-electron chi connectivity index (χ4n) is 4.62. The number of piperidine rings is 1. The Kier molecular flexibility index (Phi) is 7.31. The molecule has 12 heteroatoms. The van der Waals surface area contributed by atoms with Gasteiger partial charge in [0.15, 0.2) is 0 Å². The van der Waals surface area contributed by atoms with Gasteiger partial charge in [0.25, 0.3) is 5.91 Å². The van der Waals surface area contributed by atoms with Crippen molar-refractivity contribution >= 4 is 17.7 Å². The third kappa shape index (κ3) is 5.80. The zero-order chi connectivity index (χ0) is 26.6. The molecule has 0 unspecified atom stereocenters. The van der Waals surface area contributed by atoms with Gasteiger partial charge in [-0.1, -0.05) is 18.2 Å². The van der Waals surface area contributed by atoms with E-state index in [4.69, 9.17) is 9.47 Å². The first kappa shape index (κ1) is 25.3. The van der Waals surface area contributed by atoms with Crippen molar-refractivity contribution in [1.29, 1.82) is 0 Å². The SMILES string of the molecule is Cc1ccc2cc1Oc1cccc(c1)CO[C@@H]1CCN(C(=O)Cn3cnnn3)C[C@@H]1NC(=O)CN(C)C2=O. The van der Waals surface area contributed by atoms with Gasteiger partial charge in [0, 0.05) is 25.7 Å². The molecule has 3 heterocycles. The average molecular weight is 520 g/mol. The number of fused-ring (bicyclic) bond motifs is 5. The number of nitrogens with one attached hydrogen (secondary N) is 1. The van der Waals surface area contributed by atoms with E-state index >= 15 is 0 Å². The summed E-state index contributed by atoms with van der Waals surface area (Å²) in [6.45, 7) is 2.80. The van der Waals surface area contributed by atoms with E-state index in [2.05, 4.69) is 20.8 Å². The van der Waals surface area contributed by atoms with E-state index in [1.54, 1.807) is 24.1 Å². The summed E-state index contributed by atoms with van der Waals surface area (Å²) in [5.74, 6) is 0.390. The predicted octanol–water partition coefficient (Wildman–Crippen LogP) is 1.16. The van der Waals surface area contributed by atoms with E-state index in [1.807, 2.05) is 37.3 Å². The van der Waals surface area contributed by atoms with Gasteiger partial charge in [-0.05, 0) is 59.2 Å². The minimum atomic E-state index is -0.462. The van der Waals surface area contributed by atoms with E-state index in [9.17, 15) is 14.4 Å². The highest BCUT2D eigenvalue weighted by atomic mass is 16.5. The monoisotopic (exact) mass is 519 g/mol. The lowest BCUT2D eigenvalue weighted by Gasteiger charge is -2.39. The van der Waals surface area contributed by atoms with Crippen molar-refractivity contribution in [3.8, 4) is 11.5 Å². The van der Waals surface area contributed by atoms with Crippen LogP contribution in [0.15, 0.2) is 48.8 Å². The summed E-state index contributed by atoms with van der Waals surface area (Å²) in [5.41, 5.74) is 2.21. The zero-order valence-corrected chi connectivity index (χ0v) is 21.2. The molecule has 2 aliphatic rings. The van der Waals surface area contributed by atoms with Crippen LogP contribution in [0.4, 0.5) is 0 Å². The lowest BCUT2D eigenvalue weighted by Crippen LogP contribution is -2.58. The summed E-state index contributed by atoms with van der Waals surface area (Å²) >= 11 is 0. The minimum Gasteiger partial charge on any atom is -0.457 e. The summed E-state index contributed by atoms with van der Waals surface area (Å²) in [4.78, 5) is 42.0. The molecule has 1 N–H and O–H groups in total. The van der Waals surface area contributed by atoms with Crippen LogP contribution in [0.25, 0.3) is 0 Å². The highest BCUT2D eigenvalue weighted by Crippen LogP contribution is 2.28. The first-order chi connectivity index (χ1) is 18.4. The number of amides is 3. The Bertz CT molecular complexity index is 1330. The van der Waals surface area contributed by atoms with Crippen molar-refractivity contribution in [1.82, 2.24) is 35.3 Å². The first-order valence-corrected chi connectivity index (χ1v) is 12.4. The van der Waals surface area contributed by atoms with Gasteiger partial charge in [-0.2, -0.15) is 0 Å². The molecule has 2 aliphatic heterocycles. The third-order valence-electron chi connectivity index (χ3n) is 6.69. The fourth-order valence-corrected chi connectivity index (χ4v) is 4.62. The highest BCUT2D eigenvalue weighted by Gasteiger charge is 2.34. The highest BCUT2D eigenvalue weighted by molar-refractivity contribution is 5.96. The van der Waals surface area contributed by atoms with Gasteiger partial charge < -0.3 is 24.6 Å². The van der Waals surface area contributed by atoms with Crippen LogP contribution in [-0.4, -0.2) is 86.6 Å². The molecule has 1 fully saturated rings. The maximum Gasteiger partial charge on any atom is 0.254 e. The van der Waals surface area contributed by atoms with Crippen LogP contribution in [0.3, 0.4) is 0 Å². The van der Waals surface area contributed by atoms with E-state index < -0.39 is 6.04 Å². The maximum absolute atomic E-state index is 13.1. The summed E-state index contributed by atoms with van der Waals surface area (Å²) < 4.78 is 13.7. The molecule has 3 amide bonds. The Morgan fingerprint density at radius 2 is 2.05 bits per heavy atom. The Labute approximate surface area is 219 Å². The Morgan fingerprint density at radius 3 is 2.87 bits per heavy atom. The Morgan fingerprint density at radius 1 is 1.18 bits per heavy atom. The molecule has 0 saturated carbocycles. The normalized spacial score (nSPS) is 20.4. The van der Waals surface area contributed by atoms with Gasteiger partial charge in [-0.3, -0.25) is 14.4 Å². The van der Waals surface area contributed by atoms with Crippen LogP contribution in [0.2, 0.25) is 0 Å². The fraction of sp³-hybridized carbons (Fsp3) is 0.385. The molecule has 5 rings (SSSR count). The van der Waals surface area contributed by atoms with Gasteiger partial charge in [0.2, 0.25) is 11.8 Å². The van der Waals surface area contributed by atoms with Crippen LogP contribution in [0, 0.1) is 6.92 Å². The molecule has 2 atom stereocenters. The van der Waals surface area contributed by atoms with Crippen molar-refractivity contribution in [3.05, 3.63) is 65.5 Å². The number of aromatic nitrogens is 4. The summed E-state index contributed by atoms with van der Waals surface area (Å²) in [6, 6.07) is 12.3. The second kappa shape index (κ2) is 11.0.